The first kappa shape index (κ1) is 13.8. The van der Waals surface area contributed by atoms with Crippen LogP contribution in [0.3, 0.4) is 0 Å². The summed E-state index contributed by atoms with van der Waals surface area (Å²) in [6.07, 6.45) is 1.77. The Labute approximate surface area is 117 Å². The molecule has 0 atom stereocenters. The van der Waals surface area contributed by atoms with Crippen LogP contribution in [0.25, 0.3) is 0 Å². The number of nitrogens with zero attached hydrogens (tertiary/aromatic N) is 1. The van der Waals surface area contributed by atoms with E-state index >= 15 is 0 Å². The molecule has 0 aliphatic carbocycles. The van der Waals surface area contributed by atoms with Crippen molar-refractivity contribution in [2.75, 3.05) is 5.32 Å². The second-order valence-corrected chi connectivity index (χ2v) is 4.49. The van der Waals surface area contributed by atoms with Crippen molar-refractivity contribution in [1.82, 2.24) is 4.98 Å². The number of carbonyl (C=O) groups is 1. The van der Waals surface area contributed by atoms with Gasteiger partial charge in [-0.2, -0.15) is 0 Å². The third-order valence-corrected chi connectivity index (χ3v) is 2.87. The summed E-state index contributed by atoms with van der Waals surface area (Å²) in [4.78, 5) is 15.5. The lowest BCUT2D eigenvalue weighted by atomic mass is 10.1. The van der Waals surface area contributed by atoms with Crippen LogP contribution in [-0.2, 0) is 11.2 Å². The van der Waals surface area contributed by atoms with E-state index in [0.717, 1.165) is 11.3 Å². The van der Waals surface area contributed by atoms with Crippen LogP contribution in [0.5, 0.6) is 5.75 Å². The minimum atomic E-state index is -0.240. The fourth-order valence-corrected chi connectivity index (χ4v) is 1.83. The molecule has 1 amide bonds. The Kier molecular flexibility index (Phi) is 4.15. The number of nitrogens with one attached hydrogen (secondary N) is 1. The van der Waals surface area contributed by atoms with Crippen molar-refractivity contribution >= 4 is 11.6 Å². The van der Waals surface area contributed by atoms with Crippen molar-refractivity contribution in [3.63, 3.8) is 0 Å². The largest absolute Gasteiger partial charge is 0.506 e. The average molecular weight is 268 g/mol. The SMILES string of the molecule is C=CC(=O)Nc1ccc(Cc2nc(C)ccc2O)cc1. The lowest BCUT2D eigenvalue weighted by molar-refractivity contribution is -0.111. The van der Waals surface area contributed by atoms with Crippen LogP contribution in [0.4, 0.5) is 5.69 Å². The van der Waals surface area contributed by atoms with Crippen LogP contribution < -0.4 is 5.32 Å². The van der Waals surface area contributed by atoms with Gasteiger partial charge in [0.2, 0.25) is 5.91 Å². The van der Waals surface area contributed by atoms with Crippen LogP contribution in [0.2, 0.25) is 0 Å². The van der Waals surface area contributed by atoms with Crippen LogP contribution in [0, 0.1) is 6.92 Å². The molecule has 1 aromatic carbocycles. The molecule has 1 heterocycles. The number of rotatable bonds is 4. The first-order chi connectivity index (χ1) is 9.58. The number of anilines is 1. The smallest absolute Gasteiger partial charge is 0.247 e. The number of hydrogen-bond acceptors (Lipinski definition) is 3. The van der Waals surface area contributed by atoms with E-state index in [0.29, 0.717) is 17.8 Å². The summed E-state index contributed by atoms with van der Waals surface area (Å²) in [7, 11) is 0. The van der Waals surface area contributed by atoms with Gasteiger partial charge in [-0.1, -0.05) is 18.7 Å². The highest BCUT2D eigenvalue weighted by Crippen LogP contribution is 2.19. The third-order valence-electron chi connectivity index (χ3n) is 2.87. The maximum Gasteiger partial charge on any atom is 0.247 e. The fraction of sp³-hybridized carbons (Fsp3) is 0.125. The lowest BCUT2D eigenvalue weighted by Gasteiger charge is -2.07. The van der Waals surface area contributed by atoms with Crippen LogP contribution in [0.15, 0.2) is 49.1 Å². The zero-order chi connectivity index (χ0) is 14.5. The molecule has 1 aromatic heterocycles. The molecular formula is C16H16N2O2. The Hall–Kier alpha value is -2.62. The van der Waals surface area contributed by atoms with E-state index in [4.69, 9.17) is 0 Å². The molecule has 0 bridgehead atoms. The van der Waals surface area contributed by atoms with E-state index in [9.17, 15) is 9.90 Å². The summed E-state index contributed by atoms with van der Waals surface area (Å²) < 4.78 is 0. The first-order valence-electron chi connectivity index (χ1n) is 6.26. The van der Waals surface area contributed by atoms with Crippen molar-refractivity contribution in [3.05, 3.63) is 66.0 Å². The highest BCUT2D eigenvalue weighted by Gasteiger charge is 2.05. The molecular weight excluding hydrogens is 252 g/mol. The van der Waals surface area contributed by atoms with Crippen LogP contribution >= 0.6 is 0 Å². The number of benzene rings is 1. The monoisotopic (exact) mass is 268 g/mol. The van der Waals surface area contributed by atoms with Gasteiger partial charge in [-0.25, -0.2) is 0 Å². The predicted molar refractivity (Wildman–Crippen MR) is 78.7 cm³/mol. The molecule has 0 fully saturated rings. The summed E-state index contributed by atoms with van der Waals surface area (Å²) in [5, 5.41) is 12.5. The first-order valence-corrected chi connectivity index (χ1v) is 6.26. The number of hydrogen-bond donors (Lipinski definition) is 2. The van der Waals surface area contributed by atoms with Gasteiger partial charge in [-0.15, -0.1) is 0 Å². The van der Waals surface area contributed by atoms with Crippen molar-refractivity contribution < 1.29 is 9.90 Å². The summed E-state index contributed by atoms with van der Waals surface area (Å²) >= 11 is 0. The Morgan fingerprint density at radius 1 is 1.30 bits per heavy atom. The topological polar surface area (TPSA) is 62.2 Å². The van der Waals surface area contributed by atoms with Crippen LogP contribution in [0.1, 0.15) is 17.0 Å². The molecule has 2 rings (SSSR count). The van der Waals surface area contributed by atoms with Crippen molar-refractivity contribution in [1.29, 1.82) is 0 Å². The maximum atomic E-state index is 11.2. The van der Waals surface area contributed by atoms with Crippen LogP contribution in [-0.4, -0.2) is 16.0 Å². The second-order valence-electron chi connectivity index (χ2n) is 4.49. The van der Waals surface area contributed by atoms with Crippen molar-refractivity contribution in [2.45, 2.75) is 13.3 Å². The minimum absolute atomic E-state index is 0.194. The predicted octanol–water partition coefficient (Wildman–Crippen LogP) is 2.81. The summed E-state index contributed by atoms with van der Waals surface area (Å²) in [6, 6.07) is 10.8. The number of amides is 1. The van der Waals surface area contributed by atoms with Gasteiger partial charge in [0, 0.05) is 17.8 Å². The van der Waals surface area contributed by atoms with E-state index in [1.165, 1.54) is 6.08 Å². The Morgan fingerprint density at radius 3 is 2.65 bits per heavy atom. The third kappa shape index (κ3) is 3.45. The summed E-state index contributed by atoms with van der Waals surface area (Å²) in [5.74, 6) is -0.0459. The molecule has 0 spiro atoms. The van der Waals surface area contributed by atoms with Gasteiger partial charge in [0.25, 0.3) is 0 Å². The average Bonchev–Trinajstić information content (AvgIpc) is 2.45. The molecule has 0 unspecified atom stereocenters. The Morgan fingerprint density at radius 2 is 2.00 bits per heavy atom. The van der Waals surface area contributed by atoms with Crippen molar-refractivity contribution in [3.8, 4) is 5.75 Å². The zero-order valence-electron chi connectivity index (χ0n) is 11.3. The number of aromatic hydroxyl groups is 1. The number of pyridine rings is 1. The van der Waals surface area contributed by atoms with Gasteiger partial charge in [-0.3, -0.25) is 9.78 Å². The maximum absolute atomic E-state index is 11.2. The number of carbonyl (C=O) groups excluding carboxylic acids is 1. The molecule has 0 aliphatic rings. The molecule has 0 aliphatic heterocycles. The zero-order valence-corrected chi connectivity index (χ0v) is 11.3. The minimum Gasteiger partial charge on any atom is -0.506 e. The highest BCUT2D eigenvalue weighted by atomic mass is 16.3. The van der Waals surface area contributed by atoms with Gasteiger partial charge in [0.15, 0.2) is 0 Å². The van der Waals surface area contributed by atoms with E-state index in [1.54, 1.807) is 12.1 Å². The van der Waals surface area contributed by atoms with Gasteiger partial charge in [0.05, 0.1) is 5.69 Å². The fourth-order valence-electron chi connectivity index (χ4n) is 1.83. The Balaban J connectivity index is 2.12. The van der Waals surface area contributed by atoms with E-state index in [1.807, 2.05) is 31.2 Å². The molecule has 0 saturated heterocycles. The Bertz CT molecular complexity index is 633. The second kappa shape index (κ2) is 6.02. The summed E-state index contributed by atoms with van der Waals surface area (Å²) in [6.45, 7) is 5.29. The van der Waals surface area contributed by atoms with Gasteiger partial charge in [-0.05, 0) is 42.8 Å². The van der Waals surface area contributed by atoms with Gasteiger partial charge in [0.1, 0.15) is 5.75 Å². The molecule has 0 radical (unpaired) electrons. The summed E-state index contributed by atoms with van der Waals surface area (Å²) in [5.41, 5.74) is 3.23. The standard InChI is InChI=1S/C16H16N2O2/c1-3-16(20)18-13-7-5-12(6-8-13)10-14-15(19)9-4-11(2)17-14/h3-9,19H,1,10H2,2H3,(H,18,20). The lowest BCUT2D eigenvalue weighted by Crippen LogP contribution is -2.07. The van der Waals surface area contributed by atoms with E-state index < -0.39 is 0 Å². The van der Waals surface area contributed by atoms with Gasteiger partial charge >= 0.3 is 0 Å². The molecule has 2 N–H and O–H groups in total. The molecule has 20 heavy (non-hydrogen) atoms. The molecule has 4 nitrogen and oxygen atoms in total. The molecule has 102 valence electrons. The molecule has 2 aromatic rings. The van der Waals surface area contributed by atoms with E-state index in [2.05, 4.69) is 16.9 Å². The molecule has 4 heteroatoms. The molecule has 0 saturated carbocycles. The normalized spacial score (nSPS) is 10.1. The quantitative estimate of drug-likeness (QED) is 0.838. The van der Waals surface area contributed by atoms with E-state index in [-0.39, 0.29) is 11.7 Å². The van der Waals surface area contributed by atoms with Crippen molar-refractivity contribution in [2.24, 2.45) is 0 Å². The highest BCUT2D eigenvalue weighted by molar-refractivity contribution is 5.98. The number of aromatic nitrogens is 1. The number of aryl methyl sites for hydroxylation is 1. The van der Waals surface area contributed by atoms with Gasteiger partial charge < -0.3 is 10.4 Å².